The molecular formula is C18H19N3OS. The molecule has 3 aromatic rings. The summed E-state index contributed by atoms with van der Waals surface area (Å²) in [5.74, 6) is 1.62. The van der Waals surface area contributed by atoms with Crippen molar-refractivity contribution in [3.63, 3.8) is 0 Å². The van der Waals surface area contributed by atoms with Crippen LogP contribution in [0.3, 0.4) is 0 Å². The molecular weight excluding hydrogens is 306 g/mol. The van der Waals surface area contributed by atoms with Gasteiger partial charge in [-0.1, -0.05) is 12.1 Å². The van der Waals surface area contributed by atoms with Crippen LogP contribution in [0.2, 0.25) is 0 Å². The van der Waals surface area contributed by atoms with Crippen molar-refractivity contribution in [1.29, 1.82) is 0 Å². The van der Waals surface area contributed by atoms with E-state index >= 15 is 0 Å². The second-order valence-corrected chi connectivity index (χ2v) is 7.61. The number of nitrogens with one attached hydrogen (secondary N) is 1. The maximum absolute atomic E-state index is 12.6. The minimum Gasteiger partial charge on any atom is -0.340 e. The number of aromatic nitrogens is 2. The van der Waals surface area contributed by atoms with Gasteiger partial charge in [0.15, 0.2) is 0 Å². The largest absolute Gasteiger partial charge is 0.340 e. The van der Waals surface area contributed by atoms with Crippen molar-refractivity contribution in [1.82, 2.24) is 14.9 Å². The van der Waals surface area contributed by atoms with E-state index in [0.29, 0.717) is 12.5 Å². The van der Waals surface area contributed by atoms with Crippen LogP contribution < -0.4 is 0 Å². The molecule has 0 unspecified atom stereocenters. The summed E-state index contributed by atoms with van der Waals surface area (Å²) in [6.07, 6.45) is 0.975. The summed E-state index contributed by atoms with van der Waals surface area (Å²) < 4.78 is 0. The lowest BCUT2D eigenvalue weighted by atomic mass is 10.2. The number of nitrogens with zero attached hydrogens (tertiary/aromatic N) is 2. The number of hydrogen-bond donors (Lipinski definition) is 1. The molecule has 2 aromatic heterocycles. The van der Waals surface area contributed by atoms with E-state index in [1.165, 1.54) is 9.75 Å². The first-order valence-corrected chi connectivity index (χ1v) is 8.68. The molecule has 1 amide bonds. The van der Waals surface area contributed by atoms with Crippen LogP contribution >= 0.6 is 11.3 Å². The average Bonchev–Trinajstić information content (AvgIpc) is 3.04. The molecule has 4 rings (SSSR count). The van der Waals surface area contributed by atoms with Gasteiger partial charge in [-0.05, 0) is 37.6 Å². The molecule has 2 heterocycles. The molecule has 118 valence electrons. The number of hydrogen-bond acceptors (Lipinski definition) is 3. The van der Waals surface area contributed by atoms with Gasteiger partial charge < -0.3 is 9.88 Å². The van der Waals surface area contributed by atoms with Crippen LogP contribution in [0.4, 0.5) is 0 Å². The fourth-order valence-electron chi connectivity index (χ4n) is 3.10. The van der Waals surface area contributed by atoms with Crippen LogP contribution in [-0.4, -0.2) is 27.8 Å². The maximum Gasteiger partial charge on any atom is 0.226 e. The summed E-state index contributed by atoms with van der Waals surface area (Å²) in [5.41, 5.74) is 1.96. The monoisotopic (exact) mass is 325 g/mol. The third-order valence-electron chi connectivity index (χ3n) is 4.44. The molecule has 1 aromatic carbocycles. The second kappa shape index (κ2) is 5.49. The molecule has 5 heteroatoms. The van der Waals surface area contributed by atoms with Crippen molar-refractivity contribution in [2.24, 2.45) is 5.92 Å². The predicted molar refractivity (Wildman–Crippen MR) is 92.5 cm³/mol. The third kappa shape index (κ3) is 2.77. The number of carbonyl (C=O) groups excluding carboxylic acids is 1. The second-order valence-electron chi connectivity index (χ2n) is 6.29. The minimum atomic E-state index is 0.141. The van der Waals surface area contributed by atoms with E-state index in [0.717, 1.165) is 23.3 Å². The maximum atomic E-state index is 12.6. The molecule has 0 aliphatic heterocycles. The summed E-state index contributed by atoms with van der Waals surface area (Å²) in [6.45, 7) is 2.64. The number of para-hydroxylation sites is 2. The summed E-state index contributed by atoms with van der Waals surface area (Å²) >= 11 is 1.81. The Morgan fingerprint density at radius 1 is 1.35 bits per heavy atom. The van der Waals surface area contributed by atoms with Crippen LogP contribution in [0.1, 0.15) is 27.9 Å². The molecule has 23 heavy (non-hydrogen) atoms. The van der Waals surface area contributed by atoms with E-state index < -0.39 is 0 Å². The van der Waals surface area contributed by atoms with Crippen LogP contribution in [-0.2, 0) is 11.3 Å². The van der Waals surface area contributed by atoms with Crippen LogP contribution in [0, 0.1) is 12.8 Å². The van der Waals surface area contributed by atoms with Crippen molar-refractivity contribution in [3.8, 4) is 0 Å². The van der Waals surface area contributed by atoms with E-state index in [2.05, 4.69) is 29.0 Å². The lowest BCUT2D eigenvalue weighted by Crippen LogP contribution is -2.28. The number of imidazole rings is 1. The van der Waals surface area contributed by atoms with E-state index in [-0.39, 0.29) is 11.8 Å². The molecule has 0 saturated heterocycles. The van der Waals surface area contributed by atoms with Crippen molar-refractivity contribution < 1.29 is 4.79 Å². The Balaban J connectivity index is 1.43. The smallest absolute Gasteiger partial charge is 0.226 e. The molecule has 2 atom stereocenters. The molecule has 1 aliphatic carbocycles. The molecule has 1 aliphatic rings. The lowest BCUT2D eigenvalue weighted by Gasteiger charge is -2.15. The zero-order valence-electron chi connectivity index (χ0n) is 13.2. The molecule has 1 fully saturated rings. The van der Waals surface area contributed by atoms with Gasteiger partial charge in [0, 0.05) is 28.6 Å². The molecule has 1 N–H and O–H groups in total. The fourth-order valence-corrected chi connectivity index (χ4v) is 4.16. The van der Waals surface area contributed by atoms with Gasteiger partial charge in [0.05, 0.1) is 17.6 Å². The SMILES string of the molecule is Cc1ccc([C@@H]2C[C@H]2C(=O)N(C)Cc2nc3ccccc3[nH]2)s1. The predicted octanol–water partition coefficient (Wildman–Crippen LogP) is 3.69. The first-order chi connectivity index (χ1) is 11.1. The highest BCUT2D eigenvalue weighted by molar-refractivity contribution is 7.12. The molecule has 0 spiro atoms. The quantitative estimate of drug-likeness (QED) is 0.795. The normalized spacial score (nSPS) is 19.9. The minimum absolute atomic E-state index is 0.141. The van der Waals surface area contributed by atoms with Gasteiger partial charge in [0.25, 0.3) is 0 Å². The average molecular weight is 325 g/mol. The van der Waals surface area contributed by atoms with Crippen molar-refractivity contribution in [3.05, 3.63) is 52.0 Å². The number of thiophene rings is 1. The topological polar surface area (TPSA) is 49.0 Å². The van der Waals surface area contributed by atoms with E-state index in [1.54, 1.807) is 4.90 Å². The summed E-state index contributed by atoms with van der Waals surface area (Å²) in [5, 5.41) is 0. The Kier molecular flexibility index (Phi) is 3.45. The Hall–Kier alpha value is -2.14. The third-order valence-corrected chi connectivity index (χ3v) is 5.57. The van der Waals surface area contributed by atoms with Crippen molar-refractivity contribution in [2.75, 3.05) is 7.05 Å². The molecule has 4 nitrogen and oxygen atoms in total. The Morgan fingerprint density at radius 2 is 2.17 bits per heavy atom. The van der Waals surface area contributed by atoms with Gasteiger partial charge in [-0.2, -0.15) is 0 Å². The highest BCUT2D eigenvalue weighted by Crippen LogP contribution is 2.50. The fraction of sp³-hybridized carbons (Fsp3) is 0.333. The Bertz CT molecular complexity index is 833. The number of H-pyrrole nitrogens is 1. The van der Waals surface area contributed by atoms with Gasteiger partial charge >= 0.3 is 0 Å². The summed E-state index contributed by atoms with van der Waals surface area (Å²) in [4.78, 5) is 24.9. The number of amides is 1. The van der Waals surface area contributed by atoms with Gasteiger partial charge in [-0.25, -0.2) is 4.98 Å². The van der Waals surface area contributed by atoms with E-state index in [9.17, 15) is 4.79 Å². The van der Waals surface area contributed by atoms with Crippen molar-refractivity contribution in [2.45, 2.75) is 25.8 Å². The highest BCUT2D eigenvalue weighted by atomic mass is 32.1. The molecule has 0 radical (unpaired) electrons. The van der Waals surface area contributed by atoms with Gasteiger partial charge in [0.1, 0.15) is 5.82 Å². The van der Waals surface area contributed by atoms with Gasteiger partial charge in [-0.3, -0.25) is 4.79 Å². The number of rotatable bonds is 4. The zero-order valence-corrected chi connectivity index (χ0v) is 14.1. The number of aromatic amines is 1. The number of carbonyl (C=O) groups is 1. The zero-order chi connectivity index (χ0) is 16.0. The lowest BCUT2D eigenvalue weighted by molar-refractivity contribution is -0.132. The number of fused-ring (bicyclic) bond motifs is 1. The Labute approximate surface area is 139 Å². The van der Waals surface area contributed by atoms with Crippen molar-refractivity contribution >= 4 is 28.3 Å². The molecule has 1 saturated carbocycles. The Morgan fingerprint density at radius 3 is 2.91 bits per heavy atom. The molecule has 0 bridgehead atoms. The summed E-state index contributed by atoms with van der Waals surface area (Å²) in [7, 11) is 1.87. The van der Waals surface area contributed by atoms with E-state index in [4.69, 9.17) is 0 Å². The van der Waals surface area contributed by atoms with Crippen LogP contribution in [0.25, 0.3) is 11.0 Å². The first-order valence-electron chi connectivity index (χ1n) is 7.87. The van der Waals surface area contributed by atoms with Crippen LogP contribution in [0.5, 0.6) is 0 Å². The number of benzene rings is 1. The first kappa shape index (κ1) is 14.5. The van der Waals surface area contributed by atoms with Crippen LogP contribution in [0.15, 0.2) is 36.4 Å². The standard InChI is InChI=1S/C18H19N3OS/c1-11-7-8-16(23-11)12-9-13(12)18(22)21(2)10-17-19-14-5-3-4-6-15(14)20-17/h3-8,12-13H,9-10H2,1-2H3,(H,19,20)/t12-,13-/m1/s1. The summed E-state index contributed by atoms with van der Waals surface area (Å²) in [6, 6.07) is 12.2. The van der Waals surface area contributed by atoms with Gasteiger partial charge in [0.2, 0.25) is 5.91 Å². The van der Waals surface area contributed by atoms with Gasteiger partial charge in [-0.15, -0.1) is 11.3 Å². The highest BCUT2D eigenvalue weighted by Gasteiger charge is 2.45. The van der Waals surface area contributed by atoms with E-state index in [1.807, 2.05) is 42.6 Å². The number of aryl methyl sites for hydroxylation is 1.